The lowest BCUT2D eigenvalue weighted by Gasteiger charge is -2.12. The van der Waals surface area contributed by atoms with Crippen molar-refractivity contribution >= 4 is 5.91 Å². The first-order valence-electron chi connectivity index (χ1n) is 7.85. The fraction of sp³-hybridized carbons (Fsp3) is 0.588. The fourth-order valence-corrected chi connectivity index (χ4v) is 3.72. The highest BCUT2D eigenvalue weighted by atomic mass is 19.4. The van der Waals surface area contributed by atoms with Gasteiger partial charge in [-0.3, -0.25) is 4.79 Å². The van der Waals surface area contributed by atoms with E-state index in [9.17, 15) is 18.0 Å². The number of fused-ring (bicyclic) bond motifs is 2. The smallest absolute Gasteiger partial charge is 0.356 e. The molecule has 2 atom stereocenters. The molecule has 2 aliphatic rings. The van der Waals surface area contributed by atoms with Crippen LogP contribution in [0.25, 0.3) is 0 Å². The molecule has 0 aromatic heterocycles. The van der Waals surface area contributed by atoms with Crippen molar-refractivity contribution in [3.05, 3.63) is 35.4 Å². The van der Waals surface area contributed by atoms with Gasteiger partial charge in [0.05, 0.1) is 0 Å². The Balaban J connectivity index is 1.46. The zero-order valence-electron chi connectivity index (χ0n) is 12.4. The molecule has 1 aromatic rings. The van der Waals surface area contributed by atoms with E-state index in [0.717, 1.165) is 19.3 Å². The number of halogens is 3. The monoisotopic (exact) mass is 311 g/mol. The number of carbonyl (C=O) groups is 1. The van der Waals surface area contributed by atoms with Crippen molar-refractivity contribution in [2.75, 3.05) is 6.54 Å². The van der Waals surface area contributed by atoms with Crippen LogP contribution in [0.5, 0.6) is 0 Å². The lowest BCUT2D eigenvalue weighted by molar-refractivity contribution is -0.135. The average Bonchev–Trinajstić information content (AvgIpc) is 3.08. The summed E-state index contributed by atoms with van der Waals surface area (Å²) in [6.45, 7) is 0.336. The van der Waals surface area contributed by atoms with Crippen LogP contribution in [0.2, 0.25) is 0 Å². The number of hydrogen-bond donors (Lipinski definition) is 1. The number of hydrogen-bond acceptors (Lipinski definition) is 1. The summed E-state index contributed by atoms with van der Waals surface area (Å²) in [5, 5.41) is 2.81. The zero-order chi connectivity index (χ0) is 15.8. The largest absolute Gasteiger partial charge is 0.389 e. The van der Waals surface area contributed by atoms with E-state index < -0.39 is 12.6 Å². The average molecular weight is 311 g/mol. The van der Waals surface area contributed by atoms with Crippen molar-refractivity contribution in [2.24, 2.45) is 5.92 Å². The third-order valence-corrected chi connectivity index (χ3v) is 4.97. The van der Waals surface area contributed by atoms with E-state index >= 15 is 0 Å². The van der Waals surface area contributed by atoms with E-state index in [-0.39, 0.29) is 23.7 Å². The predicted octanol–water partition coefficient (Wildman–Crippen LogP) is 3.74. The number of aryl methyl sites for hydroxylation is 1. The van der Waals surface area contributed by atoms with Gasteiger partial charge >= 0.3 is 6.18 Å². The third-order valence-electron chi connectivity index (χ3n) is 4.97. The number of carbonyl (C=O) groups excluding carboxylic acids is 1. The van der Waals surface area contributed by atoms with Crippen LogP contribution in [-0.4, -0.2) is 18.6 Å². The van der Waals surface area contributed by atoms with Crippen LogP contribution >= 0.6 is 0 Å². The predicted molar refractivity (Wildman–Crippen MR) is 77.5 cm³/mol. The molecule has 1 spiro atoms. The Kier molecular flexibility index (Phi) is 3.91. The van der Waals surface area contributed by atoms with Gasteiger partial charge in [0, 0.05) is 24.3 Å². The van der Waals surface area contributed by atoms with Gasteiger partial charge in [-0.15, -0.1) is 0 Å². The SMILES string of the molecule is O=C(NCCCCC(F)(F)F)C1CC12CCc1ccccc12. The molecule has 0 aliphatic heterocycles. The molecule has 1 saturated carbocycles. The minimum Gasteiger partial charge on any atom is -0.356 e. The van der Waals surface area contributed by atoms with Crippen LogP contribution in [0.3, 0.4) is 0 Å². The number of nitrogens with one attached hydrogen (secondary N) is 1. The van der Waals surface area contributed by atoms with Gasteiger partial charge in [0.15, 0.2) is 0 Å². The molecule has 2 nitrogen and oxygen atoms in total. The Labute approximate surface area is 128 Å². The normalized spacial score (nSPS) is 26.0. The van der Waals surface area contributed by atoms with Crippen molar-refractivity contribution in [1.82, 2.24) is 5.32 Å². The second-order valence-electron chi connectivity index (χ2n) is 6.43. The minimum atomic E-state index is -4.10. The standard InChI is InChI=1S/C17H20F3NO/c18-17(19,20)8-3-4-10-21-15(22)14-11-16(14)9-7-12-5-1-2-6-13(12)16/h1-2,5-6,14H,3-4,7-11H2,(H,21,22). The summed E-state index contributed by atoms with van der Waals surface area (Å²) in [6.07, 6.45) is -1.52. The lowest BCUT2D eigenvalue weighted by atomic mass is 9.95. The van der Waals surface area contributed by atoms with E-state index in [2.05, 4.69) is 17.4 Å². The maximum Gasteiger partial charge on any atom is 0.389 e. The zero-order valence-corrected chi connectivity index (χ0v) is 12.4. The number of amides is 1. The van der Waals surface area contributed by atoms with Crippen LogP contribution in [-0.2, 0) is 16.6 Å². The van der Waals surface area contributed by atoms with Crippen LogP contribution < -0.4 is 5.32 Å². The Bertz CT molecular complexity index is 569. The maximum atomic E-state index is 12.2. The topological polar surface area (TPSA) is 29.1 Å². The second kappa shape index (κ2) is 5.60. The van der Waals surface area contributed by atoms with Gasteiger partial charge in [0.25, 0.3) is 0 Å². The first-order valence-corrected chi connectivity index (χ1v) is 7.85. The second-order valence-corrected chi connectivity index (χ2v) is 6.43. The van der Waals surface area contributed by atoms with E-state index in [1.807, 2.05) is 12.1 Å². The van der Waals surface area contributed by atoms with Crippen molar-refractivity contribution in [2.45, 2.75) is 50.1 Å². The van der Waals surface area contributed by atoms with Crippen molar-refractivity contribution in [3.8, 4) is 0 Å². The van der Waals surface area contributed by atoms with Crippen LogP contribution in [0.4, 0.5) is 13.2 Å². The maximum absolute atomic E-state index is 12.2. The Morgan fingerprint density at radius 1 is 1.27 bits per heavy atom. The minimum absolute atomic E-state index is 0.00114. The van der Waals surface area contributed by atoms with E-state index in [4.69, 9.17) is 0 Å². The highest BCUT2D eigenvalue weighted by molar-refractivity contribution is 5.84. The molecule has 2 unspecified atom stereocenters. The lowest BCUT2D eigenvalue weighted by Crippen LogP contribution is -2.29. The van der Waals surface area contributed by atoms with E-state index in [1.165, 1.54) is 11.1 Å². The molecule has 22 heavy (non-hydrogen) atoms. The fourth-order valence-electron chi connectivity index (χ4n) is 3.72. The highest BCUT2D eigenvalue weighted by Crippen LogP contribution is 2.61. The Morgan fingerprint density at radius 3 is 2.82 bits per heavy atom. The first-order chi connectivity index (χ1) is 10.4. The molecule has 1 N–H and O–H groups in total. The van der Waals surface area contributed by atoms with E-state index in [1.54, 1.807) is 0 Å². The molecule has 3 rings (SSSR count). The molecule has 2 aliphatic carbocycles. The van der Waals surface area contributed by atoms with Gasteiger partial charge in [-0.05, 0) is 43.2 Å². The summed E-state index contributed by atoms with van der Waals surface area (Å²) in [7, 11) is 0. The Hall–Kier alpha value is -1.52. The van der Waals surface area contributed by atoms with Gasteiger partial charge in [-0.1, -0.05) is 24.3 Å². The number of rotatable bonds is 5. The molecule has 0 bridgehead atoms. The molecule has 5 heteroatoms. The van der Waals surface area contributed by atoms with Gasteiger partial charge in [-0.25, -0.2) is 0 Å². The van der Waals surface area contributed by atoms with Crippen LogP contribution in [0.1, 0.15) is 43.2 Å². The summed E-state index contributed by atoms with van der Waals surface area (Å²) in [4.78, 5) is 12.2. The number of benzene rings is 1. The summed E-state index contributed by atoms with van der Waals surface area (Å²) in [5.41, 5.74) is 2.64. The third kappa shape index (κ3) is 2.99. The van der Waals surface area contributed by atoms with Crippen molar-refractivity contribution in [3.63, 3.8) is 0 Å². The molecule has 0 heterocycles. The van der Waals surface area contributed by atoms with Gasteiger partial charge < -0.3 is 5.32 Å². The summed E-state index contributed by atoms with van der Waals surface area (Å²) in [5.74, 6) is 0.00229. The molecule has 1 aromatic carbocycles. The molecular formula is C17H20F3NO. The first kappa shape index (κ1) is 15.4. The number of alkyl halides is 3. The highest BCUT2D eigenvalue weighted by Gasteiger charge is 2.61. The molecule has 120 valence electrons. The van der Waals surface area contributed by atoms with Crippen molar-refractivity contribution < 1.29 is 18.0 Å². The molecule has 1 amide bonds. The van der Waals surface area contributed by atoms with Gasteiger partial charge in [0.1, 0.15) is 0 Å². The molecular weight excluding hydrogens is 291 g/mol. The van der Waals surface area contributed by atoms with Crippen LogP contribution in [0.15, 0.2) is 24.3 Å². The number of unbranched alkanes of at least 4 members (excludes halogenated alkanes) is 1. The summed E-state index contributed by atoms with van der Waals surface area (Å²) in [6, 6.07) is 8.26. The van der Waals surface area contributed by atoms with Gasteiger partial charge in [-0.2, -0.15) is 13.2 Å². The Morgan fingerprint density at radius 2 is 2.05 bits per heavy atom. The van der Waals surface area contributed by atoms with Crippen molar-refractivity contribution in [1.29, 1.82) is 0 Å². The van der Waals surface area contributed by atoms with Gasteiger partial charge in [0.2, 0.25) is 5.91 Å². The van der Waals surface area contributed by atoms with E-state index in [0.29, 0.717) is 13.0 Å². The molecule has 0 saturated heterocycles. The quantitative estimate of drug-likeness (QED) is 0.825. The summed E-state index contributed by atoms with van der Waals surface area (Å²) >= 11 is 0. The molecule has 0 radical (unpaired) electrons. The molecule has 1 fully saturated rings. The van der Waals surface area contributed by atoms with Crippen LogP contribution in [0, 0.1) is 5.92 Å². The summed E-state index contributed by atoms with van der Waals surface area (Å²) < 4.78 is 36.1.